The van der Waals surface area contributed by atoms with Gasteiger partial charge in [0.2, 0.25) is 0 Å². The molecule has 0 atom stereocenters. The van der Waals surface area contributed by atoms with Crippen molar-refractivity contribution in [3.63, 3.8) is 0 Å². The van der Waals surface area contributed by atoms with E-state index in [1.807, 2.05) is 42.5 Å². The number of pyridine rings is 1. The SMILES string of the molecule is O=P1(c2ccc3c(c2)c2ccccc2c2nc4ccccc4n32)c2ccccc2-c2ccccc21. The van der Waals surface area contributed by atoms with Gasteiger partial charge in [-0.3, -0.25) is 4.40 Å². The number of fused-ring (bicyclic) bond motifs is 11. The first-order valence-corrected chi connectivity index (χ1v) is 13.5. The highest BCUT2D eigenvalue weighted by molar-refractivity contribution is 7.86. The molecule has 0 spiro atoms. The van der Waals surface area contributed by atoms with Gasteiger partial charge >= 0.3 is 0 Å². The molecule has 0 fully saturated rings. The fraction of sp³-hybridized carbons (Fsp3) is 0. The second-order valence-electron chi connectivity index (χ2n) is 9.15. The van der Waals surface area contributed by atoms with Crippen molar-refractivity contribution in [3.05, 3.63) is 115 Å². The van der Waals surface area contributed by atoms with E-state index >= 15 is 4.57 Å². The van der Waals surface area contributed by atoms with Gasteiger partial charge in [-0.25, -0.2) is 4.98 Å². The third kappa shape index (κ3) is 2.36. The van der Waals surface area contributed by atoms with Crippen LogP contribution >= 0.6 is 7.14 Å². The summed E-state index contributed by atoms with van der Waals surface area (Å²) >= 11 is 0. The quantitative estimate of drug-likeness (QED) is 0.207. The van der Waals surface area contributed by atoms with Crippen molar-refractivity contribution in [2.24, 2.45) is 0 Å². The summed E-state index contributed by atoms with van der Waals surface area (Å²) in [4.78, 5) is 4.97. The number of benzene rings is 5. The van der Waals surface area contributed by atoms with Crippen LogP contribution in [0.2, 0.25) is 0 Å². The van der Waals surface area contributed by atoms with Crippen LogP contribution in [-0.2, 0) is 4.57 Å². The van der Waals surface area contributed by atoms with Gasteiger partial charge in [-0.05, 0) is 46.8 Å². The van der Waals surface area contributed by atoms with Crippen molar-refractivity contribution in [3.8, 4) is 11.1 Å². The smallest absolute Gasteiger partial charge is 0.172 e. The minimum atomic E-state index is -3.00. The van der Waals surface area contributed by atoms with E-state index < -0.39 is 7.14 Å². The number of imidazole rings is 1. The van der Waals surface area contributed by atoms with Crippen molar-refractivity contribution in [1.29, 1.82) is 0 Å². The molecule has 164 valence electrons. The zero-order valence-electron chi connectivity index (χ0n) is 18.7. The second kappa shape index (κ2) is 6.69. The zero-order valence-corrected chi connectivity index (χ0v) is 19.6. The molecule has 0 saturated heterocycles. The third-order valence-electron chi connectivity index (χ3n) is 7.38. The monoisotopic (exact) mass is 466 g/mol. The fourth-order valence-electron chi connectivity index (χ4n) is 5.85. The first kappa shape index (κ1) is 19.1. The van der Waals surface area contributed by atoms with Gasteiger partial charge < -0.3 is 4.57 Å². The van der Waals surface area contributed by atoms with E-state index in [4.69, 9.17) is 4.98 Å². The Hall–Kier alpha value is -4.20. The van der Waals surface area contributed by atoms with Crippen LogP contribution in [0.4, 0.5) is 0 Å². The number of hydrogen-bond donors (Lipinski definition) is 0. The summed E-state index contributed by atoms with van der Waals surface area (Å²) in [5.74, 6) is 0. The first-order chi connectivity index (χ1) is 17.2. The van der Waals surface area contributed by atoms with E-state index in [-0.39, 0.29) is 0 Å². The summed E-state index contributed by atoms with van der Waals surface area (Å²) < 4.78 is 17.3. The Bertz CT molecular complexity index is 2000. The summed E-state index contributed by atoms with van der Waals surface area (Å²) in [7, 11) is -3.00. The fourth-order valence-corrected chi connectivity index (χ4v) is 8.93. The molecule has 0 aliphatic carbocycles. The molecular weight excluding hydrogens is 447 g/mol. The highest BCUT2D eigenvalue weighted by atomic mass is 31.2. The Labute approximate surface area is 201 Å². The van der Waals surface area contributed by atoms with Crippen LogP contribution in [0.3, 0.4) is 0 Å². The Morgan fingerprint density at radius 3 is 1.97 bits per heavy atom. The molecule has 0 amide bonds. The molecule has 1 aliphatic rings. The van der Waals surface area contributed by atoms with E-state index in [0.717, 1.165) is 65.4 Å². The van der Waals surface area contributed by atoms with Crippen LogP contribution in [0.1, 0.15) is 0 Å². The van der Waals surface area contributed by atoms with Gasteiger partial charge in [0.15, 0.2) is 7.14 Å². The van der Waals surface area contributed by atoms with Gasteiger partial charge in [0.05, 0.1) is 16.6 Å². The Kier molecular flexibility index (Phi) is 3.66. The summed E-state index contributed by atoms with van der Waals surface area (Å²) in [6.45, 7) is 0. The maximum Gasteiger partial charge on any atom is 0.172 e. The molecule has 35 heavy (non-hydrogen) atoms. The Morgan fingerprint density at radius 2 is 1.20 bits per heavy atom. The molecule has 8 rings (SSSR count). The van der Waals surface area contributed by atoms with Crippen molar-refractivity contribution < 1.29 is 4.57 Å². The predicted molar refractivity (Wildman–Crippen MR) is 146 cm³/mol. The lowest BCUT2D eigenvalue weighted by Crippen LogP contribution is -2.20. The minimum absolute atomic E-state index is 0.872. The molecule has 4 heteroatoms. The zero-order chi connectivity index (χ0) is 23.1. The summed E-state index contributed by atoms with van der Waals surface area (Å²) in [5, 5.41) is 6.04. The third-order valence-corrected chi connectivity index (χ3v) is 10.5. The largest absolute Gasteiger partial charge is 0.309 e. The van der Waals surface area contributed by atoms with Crippen LogP contribution in [-0.4, -0.2) is 9.38 Å². The maximum absolute atomic E-state index is 15.0. The topological polar surface area (TPSA) is 34.4 Å². The Morgan fingerprint density at radius 1 is 0.571 bits per heavy atom. The second-order valence-corrected chi connectivity index (χ2v) is 11.8. The van der Waals surface area contributed by atoms with Crippen molar-refractivity contribution in [2.45, 2.75) is 0 Å². The molecule has 3 nitrogen and oxygen atoms in total. The number of para-hydroxylation sites is 2. The number of nitrogens with zero attached hydrogens (tertiary/aromatic N) is 2. The number of hydrogen-bond acceptors (Lipinski definition) is 2. The van der Waals surface area contributed by atoms with Gasteiger partial charge in [-0.1, -0.05) is 84.9 Å². The molecule has 0 saturated carbocycles. The first-order valence-electron chi connectivity index (χ1n) is 11.8. The summed E-state index contributed by atoms with van der Waals surface area (Å²) in [5.41, 5.74) is 6.23. The van der Waals surface area contributed by atoms with Gasteiger partial charge in [-0.15, -0.1) is 0 Å². The molecule has 0 N–H and O–H groups in total. The van der Waals surface area contributed by atoms with Gasteiger partial charge in [0.1, 0.15) is 5.65 Å². The van der Waals surface area contributed by atoms with Crippen molar-refractivity contribution >= 4 is 61.4 Å². The van der Waals surface area contributed by atoms with E-state index in [0.29, 0.717) is 0 Å². The lowest BCUT2D eigenvalue weighted by molar-refractivity contribution is 0.593. The van der Waals surface area contributed by atoms with Crippen LogP contribution in [0, 0.1) is 0 Å². The molecule has 1 aliphatic heterocycles. The predicted octanol–water partition coefficient (Wildman–Crippen LogP) is 6.41. The molecule has 5 aromatic carbocycles. The average Bonchev–Trinajstić information content (AvgIpc) is 3.44. The molecule has 7 aromatic rings. The van der Waals surface area contributed by atoms with Crippen LogP contribution in [0.5, 0.6) is 0 Å². The molecule has 2 aromatic heterocycles. The highest BCUT2D eigenvalue weighted by Crippen LogP contribution is 2.52. The van der Waals surface area contributed by atoms with Gasteiger partial charge in [-0.2, -0.15) is 0 Å². The maximum atomic E-state index is 15.0. The van der Waals surface area contributed by atoms with Crippen LogP contribution in [0.15, 0.2) is 115 Å². The normalized spacial score (nSPS) is 14.1. The van der Waals surface area contributed by atoms with E-state index in [1.165, 1.54) is 0 Å². The Balaban J connectivity index is 1.53. The lowest BCUT2D eigenvalue weighted by Gasteiger charge is -2.17. The average molecular weight is 466 g/mol. The van der Waals surface area contributed by atoms with E-state index in [9.17, 15) is 0 Å². The number of aromatic nitrogens is 2. The van der Waals surface area contributed by atoms with Crippen molar-refractivity contribution in [2.75, 3.05) is 0 Å². The molecule has 0 unspecified atom stereocenters. The minimum Gasteiger partial charge on any atom is -0.309 e. The van der Waals surface area contributed by atoms with Gasteiger partial charge in [0.25, 0.3) is 0 Å². The molecule has 3 heterocycles. The summed E-state index contributed by atoms with van der Waals surface area (Å²) in [6.07, 6.45) is 0. The van der Waals surface area contributed by atoms with E-state index in [2.05, 4.69) is 77.2 Å². The molecular formula is C31H19N2OP. The van der Waals surface area contributed by atoms with Crippen molar-refractivity contribution in [1.82, 2.24) is 9.38 Å². The van der Waals surface area contributed by atoms with Gasteiger partial charge in [0, 0.05) is 26.7 Å². The highest BCUT2D eigenvalue weighted by Gasteiger charge is 2.39. The van der Waals surface area contributed by atoms with Crippen LogP contribution in [0.25, 0.3) is 49.5 Å². The molecule has 0 bridgehead atoms. The van der Waals surface area contributed by atoms with E-state index in [1.54, 1.807) is 0 Å². The number of rotatable bonds is 1. The lowest BCUT2D eigenvalue weighted by atomic mass is 10.1. The standard InChI is InChI=1S/C31H19N2OP/c34-35(29-15-7-3-10-22(29)23-11-4-8-16-30(23)35)20-17-18-27-25(19-20)21-9-1-2-12-24(21)31-32-26-13-5-6-14-28(26)33(27)31/h1-19H. The van der Waals surface area contributed by atoms with Crippen LogP contribution < -0.4 is 15.9 Å². The molecule has 0 radical (unpaired) electrons. The summed E-state index contributed by atoms with van der Waals surface area (Å²) in [6, 6.07) is 39.3.